The first-order valence-corrected chi connectivity index (χ1v) is 4.99. The van der Waals surface area contributed by atoms with E-state index in [0.29, 0.717) is 5.82 Å². The summed E-state index contributed by atoms with van der Waals surface area (Å²) >= 11 is 0. The van der Waals surface area contributed by atoms with Gasteiger partial charge >= 0.3 is 0 Å². The Hall–Kier alpha value is -0.930. The van der Waals surface area contributed by atoms with Crippen LogP contribution in [0.1, 0.15) is 37.0 Å². The van der Waals surface area contributed by atoms with Crippen molar-refractivity contribution in [1.82, 2.24) is 9.97 Å². The lowest BCUT2D eigenvalue weighted by Gasteiger charge is -2.07. The molecule has 2 rings (SSSR count). The van der Waals surface area contributed by atoms with Crippen molar-refractivity contribution < 1.29 is 8.78 Å². The number of aromatic nitrogens is 2. The SMILES string of the molecule is CC(F)(F)Cc1nc2c([nH]1)CCCC2. The van der Waals surface area contributed by atoms with Crippen molar-refractivity contribution in [2.24, 2.45) is 0 Å². The predicted molar refractivity (Wildman–Crippen MR) is 49.6 cm³/mol. The average Bonchev–Trinajstić information content (AvgIpc) is 2.42. The van der Waals surface area contributed by atoms with E-state index >= 15 is 0 Å². The van der Waals surface area contributed by atoms with Gasteiger partial charge in [-0.25, -0.2) is 13.8 Å². The fourth-order valence-corrected chi connectivity index (χ4v) is 1.89. The second-order valence-corrected chi connectivity index (χ2v) is 4.06. The summed E-state index contributed by atoms with van der Waals surface area (Å²) < 4.78 is 25.4. The molecule has 1 aromatic heterocycles. The Bertz CT molecular complexity index is 302. The van der Waals surface area contributed by atoms with Gasteiger partial charge in [0.2, 0.25) is 0 Å². The van der Waals surface area contributed by atoms with E-state index in [9.17, 15) is 8.78 Å². The summed E-state index contributed by atoms with van der Waals surface area (Å²) in [6.45, 7) is 0.925. The van der Waals surface area contributed by atoms with Gasteiger partial charge in [-0.1, -0.05) is 0 Å². The standard InChI is InChI=1S/C10H14F2N2/c1-10(11,12)6-9-13-7-4-2-3-5-8(7)14-9/h2-6H2,1H3,(H,13,14). The van der Waals surface area contributed by atoms with Crippen molar-refractivity contribution in [1.29, 1.82) is 0 Å². The number of fused-ring (bicyclic) bond motifs is 1. The zero-order valence-electron chi connectivity index (χ0n) is 8.24. The van der Waals surface area contributed by atoms with Gasteiger partial charge in [0.1, 0.15) is 5.82 Å². The molecule has 4 heteroatoms. The van der Waals surface area contributed by atoms with Crippen LogP contribution in [0.3, 0.4) is 0 Å². The quantitative estimate of drug-likeness (QED) is 0.780. The molecule has 14 heavy (non-hydrogen) atoms. The number of hydrogen-bond acceptors (Lipinski definition) is 1. The normalized spacial score (nSPS) is 16.8. The molecule has 0 bridgehead atoms. The Morgan fingerprint density at radius 1 is 1.36 bits per heavy atom. The highest BCUT2D eigenvalue weighted by Crippen LogP contribution is 2.22. The molecule has 0 atom stereocenters. The van der Waals surface area contributed by atoms with Crippen molar-refractivity contribution in [2.75, 3.05) is 0 Å². The van der Waals surface area contributed by atoms with Crippen LogP contribution in [-0.2, 0) is 19.3 Å². The van der Waals surface area contributed by atoms with Gasteiger partial charge in [-0.3, -0.25) is 0 Å². The van der Waals surface area contributed by atoms with E-state index in [-0.39, 0.29) is 6.42 Å². The summed E-state index contributed by atoms with van der Waals surface area (Å²) in [5, 5.41) is 0. The van der Waals surface area contributed by atoms with Gasteiger partial charge in [-0.15, -0.1) is 0 Å². The number of rotatable bonds is 2. The number of H-pyrrole nitrogens is 1. The van der Waals surface area contributed by atoms with Crippen LogP contribution in [-0.4, -0.2) is 15.9 Å². The zero-order valence-corrected chi connectivity index (χ0v) is 8.24. The second-order valence-electron chi connectivity index (χ2n) is 4.06. The van der Waals surface area contributed by atoms with Crippen molar-refractivity contribution in [3.05, 3.63) is 17.2 Å². The lowest BCUT2D eigenvalue weighted by molar-refractivity contribution is 0.0207. The molecule has 1 heterocycles. The van der Waals surface area contributed by atoms with Crippen LogP contribution in [0, 0.1) is 0 Å². The number of halogens is 2. The number of imidazole rings is 1. The molecule has 0 amide bonds. The van der Waals surface area contributed by atoms with Gasteiger partial charge in [-0.2, -0.15) is 0 Å². The number of nitrogens with one attached hydrogen (secondary N) is 1. The van der Waals surface area contributed by atoms with Gasteiger partial charge in [-0.05, 0) is 32.6 Å². The number of nitrogens with zero attached hydrogens (tertiary/aromatic N) is 1. The molecule has 0 saturated carbocycles. The van der Waals surface area contributed by atoms with Gasteiger partial charge in [0.15, 0.2) is 0 Å². The summed E-state index contributed by atoms with van der Waals surface area (Å²) in [6, 6.07) is 0. The van der Waals surface area contributed by atoms with Crippen LogP contribution < -0.4 is 0 Å². The number of alkyl halides is 2. The largest absolute Gasteiger partial charge is 0.345 e. The Labute approximate surface area is 81.7 Å². The number of aromatic amines is 1. The molecular weight excluding hydrogens is 186 g/mol. The Balaban J connectivity index is 2.16. The molecule has 0 spiro atoms. The summed E-state index contributed by atoms with van der Waals surface area (Å²) in [6.07, 6.45) is 3.87. The van der Waals surface area contributed by atoms with Crippen LogP contribution in [0.5, 0.6) is 0 Å². The van der Waals surface area contributed by atoms with E-state index in [1.54, 1.807) is 0 Å². The fourth-order valence-electron chi connectivity index (χ4n) is 1.89. The molecule has 0 fully saturated rings. The topological polar surface area (TPSA) is 28.7 Å². The maximum Gasteiger partial charge on any atom is 0.252 e. The molecular formula is C10H14F2N2. The van der Waals surface area contributed by atoms with Gasteiger partial charge < -0.3 is 4.98 Å². The zero-order chi connectivity index (χ0) is 10.2. The minimum Gasteiger partial charge on any atom is -0.345 e. The molecule has 1 aromatic rings. The van der Waals surface area contributed by atoms with E-state index < -0.39 is 5.92 Å². The molecule has 1 N–H and O–H groups in total. The Morgan fingerprint density at radius 3 is 2.71 bits per heavy atom. The summed E-state index contributed by atoms with van der Waals surface area (Å²) in [5.74, 6) is -2.23. The van der Waals surface area contributed by atoms with Crippen LogP contribution >= 0.6 is 0 Å². The third-order valence-corrected chi connectivity index (χ3v) is 2.48. The highest BCUT2D eigenvalue weighted by molar-refractivity contribution is 5.18. The van der Waals surface area contributed by atoms with E-state index in [1.807, 2.05) is 0 Å². The molecule has 0 saturated heterocycles. The highest BCUT2D eigenvalue weighted by Gasteiger charge is 2.25. The fraction of sp³-hybridized carbons (Fsp3) is 0.700. The van der Waals surface area contributed by atoms with E-state index in [1.165, 1.54) is 0 Å². The third kappa shape index (κ3) is 2.11. The van der Waals surface area contributed by atoms with Crippen LogP contribution in [0.25, 0.3) is 0 Å². The summed E-state index contributed by atoms with van der Waals surface area (Å²) in [5.41, 5.74) is 2.06. The van der Waals surface area contributed by atoms with Crippen molar-refractivity contribution in [3.8, 4) is 0 Å². The maximum absolute atomic E-state index is 12.7. The average molecular weight is 200 g/mol. The lowest BCUT2D eigenvalue weighted by atomic mass is 10.0. The summed E-state index contributed by atoms with van der Waals surface area (Å²) in [4.78, 5) is 7.20. The van der Waals surface area contributed by atoms with Crippen molar-refractivity contribution in [2.45, 2.75) is 45.0 Å². The predicted octanol–water partition coefficient (Wildman–Crippen LogP) is 2.49. The molecule has 1 aliphatic carbocycles. The van der Waals surface area contributed by atoms with Crippen LogP contribution in [0.4, 0.5) is 8.78 Å². The van der Waals surface area contributed by atoms with Gasteiger partial charge in [0.25, 0.3) is 5.92 Å². The van der Waals surface area contributed by atoms with E-state index in [2.05, 4.69) is 9.97 Å². The number of aryl methyl sites for hydroxylation is 2. The minimum atomic E-state index is -2.67. The highest BCUT2D eigenvalue weighted by atomic mass is 19.3. The molecule has 2 nitrogen and oxygen atoms in total. The minimum absolute atomic E-state index is 0.278. The van der Waals surface area contributed by atoms with E-state index in [4.69, 9.17) is 0 Å². The van der Waals surface area contributed by atoms with Crippen molar-refractivity contribution in [3.63, 3.8) is 0 Å². The van der Waals surface area contributed by atoms with E-state index in [0.717, 1.165) is 44.0 Å². The Kier molecular flexibility index (Phi) is 2.29. The first kappa shape index (κ1) is 9.62. The first-order valence-electron chi connectivity index (χ1n) is 4.99. The first-order chi connectivity index (χ1) is 6.54. The smallest absolute Gasteiger partial charge is 0.252 e. The lowest BCUT2D eigenvalue weighted by Crippen LogP contribution is -2.14. The molecule has 0 radical (unpaired) electrons. The molecule has 1 aliphatic rings. The number of hydrogen-bond donors (Lipinski definition) is 1. The third-order valence-electron chi connectivity index (χ3n) is 2.48. The summed E-state index contributed by atoms with van der Waals surface area (Å²) in [7, 11) is 0. The molecule has 0 aromatic carbocycles. The van der Waals surface area contributed by atoms with Gasteiger partial charge in [0.05, 0.1) is 12.1 Å². The maximum atomic E-state index is 12.7. The molecule has 78 valence electrons. The van der Waals surface area contributed by atoms with Crippen molar-refractivity contribution >= 4 is 0 Å². The second kappa shape index (κ2) is 3.33. The van der Waals surface area contributed by atoms with Crippen LogP contribution in [0.2, 0.25) is 0 Å². The monoisotopic (exact) mass is 200 g/mol. The van der Waals surface area contributed by atoms with Crippen LogP contribution in [0.15, 0.2) is 0 Å². The molecule has 0 unspecified atom stereocenters. The Morgan fingerprint density at radius 2 is 2.07 bits per heavy atom. The van der Waals surface area contributed by atoms with Gasteiger partial charge in [0, 0.05) is 5.69 Å². The molecule has 0 aliphatic heterocycles.